The van der Waals surface area contributed by atoms with Crippen LogP contribution in [-0.4, -0.2) is 45.1 Å². The standard InChI is InChI=1S/C22H26N2O2S2/c1-2-18-12-6-7-15-23(18)20(25)14-16-24-21(26)19(28-22(24)27)13-8-11-17-9-4-3-5-10-17/h3-5,8-11,13,18H,2,6-7,12,14-16H2,1H3/b11-8+,19-13-/t18-/m0/s1. The first-order valence-corrected chi connectivity index (χ1v) is 11.1. The van der Waals surface area contributed by atoms with Gasteiger partial charge in [-0.25, -0.2) is 0 Å². The molecule has 0 bridgehead atoms. The van der Waals surface area contributed by atoms with Gasteiger partial charge in [0.2, 0.25) is 5.91 Å². The second kappa shape index (κ2) is 10.0. The average molecular weight is 415 g/mol. The minimum absolute atomic E-state index is 0.105. The number of amides is 2. The third-order valence-corrected chi connectivity index (χ3v) is 6.57. The summed E-state index contributed by atoms with van der Waals surface area (Å²) in [6.45, 7) is 3.32. The zero-order valence-electron chi connectivity index (χ0n) is 16.2. The monoisotopic (exact) mass is 414 g/mol. The predicted molar refractivity (Wildman–Crippen MR) is 120 cm³/mol. The summed E-state index contributed by atoms with van der Waals surface area (Å²) in [6.07, 6.45) is 10.3. The molecule has 28 heavy (non-hydrogen) atoms. The van der Waals surface area contributed by atoms with Crippen LogP contribution in [0.1, 0.15) is 44.6 Å². The van der Waals surface area contributed by atoms with Crippen molar-refractivity contribution in [2.45, 2.75) is 45.1 Å². The Balaban J connectivity index is 1.57. The molecule has 0 spiro atoms. The highest BCUT2D eigenvalue weighted by Crippen LogP contribution is 2.31. The molecule has 2 aliphatic heterocycles. The molecule has 0 unspecified atom stereocenters. The van der Waals surface area contributed by atoms with Crippen LogP contribution in [0, 0.1) is 0 Å². The highest BCUT2D eigenvalue weighted by molar-refractivity contribution is 8.26. The number of allylic oxidation sites excluding steroid dienone is 2. The Morgan fingerprint density at radius 2 is 2.07 bits per heavy atom. The minimum Gasteiger partial charge on any atom is -0.340 e. The maximum absolute atomic E-state index is 12.7. The van der Waals surface area contributed by atoms with Gasteiger partial charge in [0.05, 0.1) is 4.91 Å². The first kappa shape index (κ1) is 20.8. The lowest BCUT2D eigenvalue weighted by Gasteiger charge is -2.35. The van der Waals surface area contributed by atoms with Gasteiger partial charge < -0.3 is 4.90 Å². The van der Waals surface area contributed by atoms with E-state index in [0.717, 1.165) is 31.4 Å². The van der Waals surface area contributed by atoms with E-state index in [1.54, 1.807) is 11.0 Å². The van der Waals surface area contributed by atoms with Crippen molar-refractivity contribution in [1.29, 1.82) is 0 Å². The van der Waals surface area contributed by atoms with E-state index >= 15 is 0 Å². The molecule has 2 heterocycles. The Hall–Kier alpha value is -1.92. The number of hydrogen-bond donors (Lipinski definition) is 0. The number of hydrogen-bond acceptors (Lipinski definition) is 4. The summed E-state index contributed by atoms with van der Waals surface area (Å²) in [4.78, 5) is 29.5. The second-order valence-corrected chi connectivity index (χ2v) is 8.70. The largest absolute Gasteiger partial charge is 0.340 e. The molecule has 0 aliphatic carbocycles. The lowest BCUT2D eigenvalue weighted by Crippen LogP contribution is -2.44. The SMILES string of the molecule is CC[C@H]1CCCCN1C(=O)CCN1C(=O)/C(=C/C=C/c2ccccc2)SC1=S. The van der Waals surface area contributed by atoms with Gasteiger partial charge in [-0.05, 0) is 37.3 Å². The average Bonchev–Trinajstić information content (AvgIpc) is 2.99. The van der Waals surface area contributed by atoms with Crippen LogP contribution in [-0.2, 0) is 9.59 Å². The van der Waals surface area contributed by atoms with Gasteiger partial charge in [0.25, 0.3) is 5.91 Å². The Morgan fingerprint density at radius 1 is 1.29 bits per heavy atom. The molecule has 4 nitrogen and oxygen atoms in total. The molecule has 0 radical (unpaired) electrons. The first-order valence-electron chi connectivity index (χ1n) is 9.86. The fourth-order valence-corrected chi connectivity index (χ4v) is 4.88. The Kier molecular flexibility index (Phi) is 7.45. The molecule has 2 saturated heterocycles. The van der Waals surface area contributed by atoms with Crippen LogP contribution >= 0.6 is 24.0 Å². The summed E-state index contributed by atoms with van der Waals surface area (Å²) in [5, 5.41) is 0. The van der Waals surface area contributed by atoms with Crippen molar-refractivity contribution in [2.24, 2.45) is 0 Å². The Labute approximate surface area is 176 Å². The summed E-state index contributed by atoms with van der Waals surface area (Å²) in [5.74, 6) is 0.0275. The molecule has 1 aromatic rings. The van der Waals surface area contributed by atoms with Crippen molar-refractivity contribution >= 4 is 46.2 Å². The molecular weight excluding hydrogens is 388 g/mol. The number of piperidine rings is 1. The van der Waals surface area contributed by atoms with Crippen LogP contribution in [0.4, 0.5) is 0 Å². The second-order valence-electron chi connectivity index (χ2n) is 7.02. The molecule has 2 amide bonds. The van der Waals surface area contributed by atoms with Crippen molar-refractivity contribution in [3.63, 3.8) is 0 Å². The third kappa shape index (κ3) is 5.11. The van der Waals surface area contributed by atoms with Crippen LogP contribution in [0.2, 0.25) is 0 Å². The lowest BCUT2D eigenvalue weighted by molar-refractivity contribution is -0.135. The van der Waals surface area contributed by atoms with Crippen LogP contribution in [0.15, 0.2) is 47.4 Å². The number of nitrogens with zero attached hydrogens (tertiary/aromatic N) is 2. The fraction of sp³-hybridized carbons (Fsp3) is 0.409. The number of carbonyl (C=O) groups is 2. The van der Waals surface area contributed by atoms with E-state index in [9.17, 15) is 9.59 Å². The van der Waals surface area contributed by atoms with E-state index in [1.165, 1.54) is 18.2 Å². The quantitative estimate of drug-likeness (QED) is 0.503. The van der Waals surface area contributed by atoms with Crippen molar-refractivity contribution in [1.82, 2.24) is 9.80 Å². The van der Waals surface area contributed by atoms with Gasteiger partial charge in [0, 0.05) is 25.6 Å². The molecule has 1 atom stereocenters. The normalized spacial score (nSPS) is 21.9. The number of carbonyl (C=O) groups excluding carboxylic acids is 2. The number of thiocarbonyl (C=S) groups is 1. The molecule has 148 valence electrons. The van der Waals surface area contributed by atoms with Crippen LogP contribution in [0.3, 0.4) is 0 Å². The zero-order valence-corrected chi connectivity index (χ0v) is 17.8. The van der Waals surface area contributed by atoms with Gasteiger partial charge in [-0.15, -0.1) is 0 Å². The molecule has 0 saturated carbocycles. The molecule has 0 aromatic heterocycles. The van der Waals surface area contributed by atoms with E-state index in [1.807, 2.05) is 47.4 Å². The van der Waals surface area contributed by atoms with E-state index < -0.39 is 0 Å². The maximum Gasteiger partial charge on any atom is 0.266 e. The van der Waals surface area contributed by atoms with Gasteiger partial charge in [0.1, 0.15) is 4.32 Å². The number of benzene rings is 1. The summed E-state index contributed by atoms with van der Waals surface area (Å²) in [7, 11) is 0. The van der Waals surface area contributed by atoms with Gasteiger partial charge in [0.15, 0.2) is 0 Å². The molecular formula is C22H26N2O2S2. The highest BCUT2D eigenvalue weighted by atomic mass is 32.2. The Bertz CT molecular complexity index is 789. The Morgan fingerprint density at radius 3 is 2.82 bits per heavy atom. The number of thioether (sulfide) groups is 1. The number of likely N-dealkylation sites (tertiary alicyclic amines) is 1. The topological polar surface area (TPSA) is 40.6 Å². The molecule has 2 aliphatic rings. The highest BCUT2D eigenvalue weighted by Gasteiger charge is 2.33. The molecule has 1 aromatic carbocycles. The first-order chi connectivity index (χ1) is 13.6. The summed E-state index contributed by atoms with van der Waals surface area (Å²) < 4.78 is 0.530. The molecule has 6 heteroatoms. The lowest BCUT2D eigenvalue weighted by atomic mass is 9.99. The van der Waals surface area contributed by atoms with Gasteiger partial charge in [-0.1, -0.05) is 73.4 Å². The van der Waals surface area contributed by atoms with Crippen LogP contribution < -0.4 is 0 Å². The van der Waals surface area contributed by atoms with Crippen LogP contribution in [0.5, 0.6) is 0 Å². The van der Waals surface area contributed by atoms with Crippen molar-refractivity contribution < 1.29 is 9.59 Å². The van der Waals surface area contributed by atoms with E-state index in [2.05, 4.69) is 6.92 Å². The van der Waals surface area contributed by atoms with Gasteiger partial charge in [-0.2, -0.15) is 0 Å². The smallest absolute Gasteiger partial charge is 0.266 e. The van der Waals surface area contributed by atoms with Crippen molar-refractivity contribution in [2.75, 3.05) is 13.1 Å². The zero-order chi connectivity index (χ0) is 19.9. The number of rotatable bonds is 6. The van der Waals surface area contributed by atoms with E-state index in [0.29, 0.717) is 28.2 Å². The summed E-state index contributed by atoms with van der Waals surface area (Å²) in [6, 6.07) is 10.3. The van der Waals surface area contributed by atoms with E-state index in [-0.39, 0.29) is 11.8 Å². The third-order valence-electron chi connectivity index (χ3n) is 5.18. The summed E-state index contributed by atoms with van der Waals surface area (Å²) in [5.41, 5.74) is 1.08. The maximum atomic E-state index is 12.7. The van der Waals surface area contributed by atoms with E-state index in [4.69, 9.17) is 12.2 Å². The van der Waals surface area contributed by atoms with Gasteiger partial charge >= 0.3 is 0 Å². The molecule has 3 rings (SSSR count). The van der Waals surface area contributed by atoms with Gasteiger partial charge in [-0.3, -0.25) is 14.5 Å². The summed E-state index contributed by atoms with van der Waals surface area (Å²) >= 11 is 6.67. The fourth-order valence-electron chi connectivity index (χ4n) is 3.62. The molecule has 0 N–H and O–H groups in total. The minimum atomic E-state index is -0.105. The predicted octanol–water partition coefficient (Wildman–Crippen LogP) is 4.63. The molecule has 2 fully saturated rings. The van der Waals surface area contributed by atoms with Crippen molar-refractivity contribution in [3.8, 4) is 0 Å². The van der Waals surface area contributed by atoms with Crippen LogP contribution in [0.25, 0.3) is 6.08 Å². The van der Waals surface area contributed by atoms with Crippen molar-refractivity contribution in [3.05, 3.63) is 53.0 Å².